The van der Waals surface area contributed by atoms with E-state index in [9.17, 15) is 9.59 Å². The fraction of sp³-hybridized carbons (Fsp3) is 0.520. The Balaban J connectivity index is 1.67. The number of furan rings is 1. The Labute approximate surface area is 190 Å². The Morgan fingerprint density at radius 1 is 1.09 bits per heavy atom. The maximum Gasteiger partial charge on any atom is 0.289 e. The van der Waals surface area contributed by atoms with Gasteiger partial charge in [0.1, 0.15) is 12.4 Å². The van der Waals surface area contributed by atoms with Crippen molar-refractivity contribution in [1.82, 2.24) is 14.7 Å². The standard InChI is InChI=1S/C25H35N3O4/c1-26(2)17-24(29)27(3)22(16-19-8-6-5-7-9-19)20-12-14-28(15-13-20)25(30)23-11-10-21(32-23)18-31-4/h5-11,20,22H,12-18H2,1-4H3/t22-/m1/s1. The molecule has 2 heterocycles. The van der Waals surface area contributed by atoms with Crippen LogP contribution in [-0.2, 0) is 22.6 Å². The van der Waals surface area contributed by atoms with Crippen molar-refractivity contribution in [1.29, 1.82) is 0 Å². The van der Waals surface area contributed by atoms with Crippen molar-refractivity contribution in [2.24, 2.45) is 5.92 Å². The summed E-state index contributed by atoms with van der Waals surface area (Å²) in [6, 6.07) is 13.9. The summed E-state index contributed by atoms with van der Waals surface area (Å²) in [5.41, 5.74) is 1.22. The van der Waals surface area contributed by atoms with Crippen LogP contribution in [0.5, 0.6) is 0 Å². The number of likely N-dealkylation sites (tertiary alicyclic amines) is 1. The first-order valence-corrected chi connectivity index (χ1v) is 11.2. The summed E-state index contributed by atoms with van der Waals surface area (Å²) in [4.78, 5) is 31.4. The number of ether oxygens (including phenoxy) is 1. The predicted octanol–water partition coefficient (Wildman–Crippen LogP) is 2.91. The van der Waals surface area contributed by atoms with Crippen molar-refractivity contribution < 1.29 is 18.7 Å². The fourth-order valence-corrected chi connectivity index (χ4v) is 4.40. The molecule has 2 amide bonds. The van der Waals surface area contributed by atoms with Crippen molar-refractivity contribution in [3.63, 3.8) is 0 Å². The van der Waals surface area contributed by atoms with Crippen LogP contribution in [0.15, 0.2) is 46.9 Å². The third kappa shape index (κ3) is 6.20. The Morgan fingerprint density at radius 3 is 2.41 bits per heavy atom. The molecule has 2 aromatic rings. The highest BCUT2D eigenvalue weighted by Crippen LogP contribution is 2.27. The van der Waals surface area contributed by atoms with Crippen molar-refractivity contribution in [2.45, 2.75) is 31.9 Å². The van der Waals surface area contributed by atoms with Gasteiger partial charge < -0.3 is 23.9 Å². The van der Waals surface area contributed by atoms with Crippen LogP contribution < -0.4 is 0 Å². The zero-order valence-corrected chi connectivity index (χ0v) is 19.6. The van der Waals surface area contributed by atoms with Gasteiger partial charge >= 0.3 is 0 Å². The van der Waals surface area contributed by atoms with Crippen LogP contribution in [-0.4, -0.2) is 80.4 Å². The first-order chi connectivity index (χ1) is 15.4. The Hall–Kier alpha value is -2.64. The summed E-state index contributed by atoms with van der Waals surface area (Å²) in [6.07, 6.45) is 2.52. The third-order valence-corrected chi connectivity index (χ3v) is 6.16. The van der Waals surface area contributed by atoms with E-state index in [4.69, 9.17) is 9.15 Å². The van der Waals surface area contributed by atoms with Crippen LogP contribution in [0.3, 0.4) is 0 Å². The molecule has 1 aromatic heterocycles. The number of amides is 2. The van der Waals surface area contributed by atoms with E-state index < -0.39 is 0 Å². The smallest absolute Gasteiger partial charge is 0.289 e. The number of hydrogen-bond acceptors (Lipinski definition) is 5. The van der Waals surface area contributed by atoms with Crippen LogP contribution in [0.25, 0.3) is 0 Å². The second kappa shape index (κ2) is 11.3. The number of likely N-dealkylation sites (N-methyl/N-ethyl adjacent to an activating group) is 2. The topological polar surface area (TPSA) is 66.2 Å². The van der Waals surface area contributed by atoms with Crippen LogP contribution in [0.4, 0.5) is 0 Å². The molecule has 1 aromatic carbocycles. The highest BCUT2D eigenvalue weighted by Gasteiger charge is 2.33. The second-order valence-corrected chi connectivity index (χ2v) is 8.83. The molecule has 1 fully saturated rings. The van der Waals surface area contributed by atoms with Crippen LogP contribution >= 0.6 is 0 Å². The Bertz CT molecular complexity index is 872. The molecular formula is C25H35N3O4. The molecule has 1 aliphatic heterocycles. The van der Waals surface area contributed by atoms with E-state index in [0.717, 1.165) is 19.3 Å². The normalized spacial score (nSPS) is 15.7. The quantitative estimate of drug-likeness (QED) is 0.599. The van der Waals surface area contributed by atoms with Gasteiger partial charge in [-0.1, -0.05) is 30.3 Å². The minimum atomic E-state index is -0.0811. The summed E-state index contributed by atoms with van der Waals surface area (Å²) >= 11 is 0. The molecule has 0 N–H and O–H groups in total. The lowest BCUT2D eigenvalue weighted by Crippen LogP contribution is -2.50. The van der Waals surface area contributed by atoms with Crippen molar-refractivity contribution in [3.05, 3.63) is 59.5 Å². The van der Waals surface area contributed by atoms with E-state index in [-0.39, 0.29) is 17.9 Å². The molecule has 0 saturated carbocycles. The minimum Gasteiger partial charge on any atom is -0.453 e. The molecule has 0 bridgehead atoms. The van der Waals surface area contributed by atoms with Crippen molar-refractivity contribution in [3.8, 4) is 0 Å². The van der Waals surface area contributed by atoms with Crippen LogP contribution in [0.1, 0.15) is 34.7 Å². The lowest BCUT2D eigenvalue weighted by molar-refractivity contribution is -0.134. The highest BCUT2D eigenvalue weighted by molar-refractivity contribution is 5.91. The molecule has 0 radical (unpaired) electrons. The van der Waals surface area contributed by atoms with Crippen molar-refractivity contribution >= 4 is 11.8 Å². The number of benzene rings is 1. The van der Waals surface area contributed by atoms with Crippen LogP contribution in [0, 0.1) is 5.92 Å². The van der Waals surface area contributed by atoms with Gasteiger partial charge in [-0.15, -0.1) is 0 Å². The largest absolute Gasteiger partial charge is 0.453 e. The molecule has 174 valence electrons. The maximum atomic E-state index is 12.9. The molecular weight excluding hydrogens is 406 g/mol. The lowest BCUT2D eigenvalue weighted by Gasteiger charge is -2.40. The zero-order chi connectivity index (χ0) is 23.1. The van der Waals surface area contributed by atoms with Crippen LogP contribution in [0.2, 0.25) is 0 Å². The number of methoxy groups -OCH3 is 1. The van der Waals surface area contributed by atoms with Gasteiger partial charge in [0.2, 0.25) is 5.91 Å². The van der Waals surface area contributed by atoms with Gasteiger partial charge in [-0.2, -0.15) is 0 Å². The number of carbonyl (C=O) groups excluding carboxylic acids is 2. The summed E-state index contributed by atoms with van der Waals surface area (Å²) in [5.74, 6) is 1.37. The van der Waals surface area contributed by atoms with Crippen molar-refractivity contribution in [2.75, 3.05) is 47.9 Å². The molecule has 1 atom stereocenters. The second-order valence-electron chi connectivity index (χ2n) is 8.83. The molecule has 3 rings (SSSR count). The van der Waals surface area contributed by atoms with Gasteiger partial charge in [0.15, 0.2) is 5.76 Å². The van der Waals surface area contributed by atoms with Gasteiger partial charge in [0.25, 0.3) is 5.91 Å². The monoisotopic (exact) mass is 441 g/mol. The SMILES string of the molecule is COCc1ccc(C(=O)N2CCC([C@@H](Cc3ccccc3)N(C)C(=O)CN(C)C)CC2)o1. The van der Waals surface area contributed by atoms with Gasteiger partial charge in [0.05, 0.1) is 6.54 Å². The fourth-order valence-electron chi connectivity index (χ4n) is 4.40. The Kier molecular flexibility index (Phi) is 8.47. The van der Waals surface area contributed by atoms with Gasteiger partial charge in [-0.3, -0.25) is 9.59 Å². The van der Waals surface area contributed by atoms with E-state index in [0.29, 0.717) is 43.7 Å². The summed E-state index contributed by atoms with van der Waals surface area (Å²) in [7, 11) is 7.33. The molecule has 0 unspecified atom stereocenters. The molecule has 0 spiro atoms. The first-order valence-electron chi connectivity index (χ1n) is 11.2. The zero-order valence-electron chi connectivity index (χ0n) is 19.6. The van der Waals surface area contributed by atoms with E-state index in [1.807, 2.05) is 54.0 Å². The molecule has 32 heavy (non-hydrogen) atoms. The highest BCUT2D eigenvalue weighted by atomic mass is 16.5. The summed E-state index contributed by atoms with van der Waals surface area (Å²) < 4.78 is 10.7. The van der Waals surface area contributed by atoms with Gasteiger partial charge in [-0.05, 0) is 57.0 Å². The van der Waals surface area contributed by atoms with Gasteiger partial charge in [-0.25, -0.2) is 0 Å². The maximum absolute atomic E-state index is 12.9. The van der Waals surface area contributed by atoms with E-state index in [1.165, 1.54) is 5.56 Å². The predicted molar refractivity (Wildman–Crippen MR) is 123 cm³/mol. The number of rotatable bonds is 9. The number of hydrogen-bond donors (Lipinski definition) is 0. The van der Waals surface area contributed by atoms with E-state index in [1.54, 1.807) is 19.2 Å². The van der Waals surface area contributed by atoms with Gasteiger partial charge in [0, 0.05) is 33.3 Å². The number of piperidine rings is 1. The summed E-state index contributed by atoms with van der Waals surface area (Å²) in [5, 5.41) is 0. The van der Waals surface area contributed by atoms with E-state index in [2.05, 4.69) is 12.1 Å². The average molecular weight is 442 g/mol. The van der Waals surface area contributed by atoms with E-state index >= 15 is 0 Å². The molecule has 0 aliphatic carbocycles. The lowest BCUT2D eigenvalue weighted by atomic mass is 9.85. The molecule has 7 heteroatoms. The molecule has 1 saturated heterocycles. The molecule has 1 aliphatic rings. The third-order valence-electron chi connectivity index (χ3n) is 6.16. The minimum absolute atomic E-state index is 0.0811. The number of nitrogens with zero attached hydrogens (tertiary/aromatic N) is 3. The molecule has 7 nitrogen and oxygen atoms in total. The Morgan fingerprint density at radius 2 is 1.78 bits per heavy atom. The first kappa shape index (κ1) is 24.0. The average Bonchev–Trinajstić information content (AvgIpc) is 3.26. The summed E-state index contributed by atoms with van der Waals surface area (Å²) in [6.45, 7) is 2.06. The number of carbonyl (C=O) groups is 2.